The largest absolute Gasteiger partial charge is 0.353 e. The molecule has 0 bridgehead atoms. The Labute approximate surface area is 140 Å². The molecule has 2 aromatic rings. The van der Waals surface area contributed by atoms with Gasteiger partial charge in [0.2, 0.25) is 6.41 Å². The summed E-state index contributed by atoms with van der Waals surface area (Å²) in [5.41, 5.74) is 1.16. The fourth-order valence-electron chi connectivity index (χ4n) is 2.63. The summed E-state index contributed by atoms with van der Waals surface area (Å²) < 4.78 is 0. The molecule has 0 radical (unpaired) electrons. The van der Waals surface area contributed by atoms with Gasteiger partial charge < -0.3 is 14.7 Å². The van der Waals surface area contributed by atoms with Crippen LogP contribution in [0.25, 0.3) is 0 Å². The van der Waals surface area contributed by atoms with E-state index < -0.39 is 0 Å². The third kappa shape index (κ3) is 3.34. The number of hydrogen-bond donors (Lipinski definition) is 0. The number of anilines is 2. The van der Waals surface area contributed by atoms with Gasteiger partial charge in [-0.25, -0.2) is 9.97 Å². The number of piperazine rings is 1. The molecule has 0 aliphatic carbocycles. The molecule has 3 rings (SSSR count). The Kier molecular flexibility index (Phi) is 4.69. The van der Waals surface area contributed by atoms with Crippen LogP contribution >= 0.6 is 0 Å². The van der Waals surface area contributed by atoms with Crippen molar-refractivity contribution in [1.82, 2.24) is 14.9 Å². The molecule has 2 amide bonds. The van der Waals surface area contributed by atoms with E-state index in [1.165, 1.54) is 6.33 Å². The number of rotatable bonds is 4. The molecule has 24 heavy (non-hydrogen) atoms. The van der Waals surface area contributed by atoms with E-state index in [0.29, 0.717) is 37.7 Å². The first-order valence-corrected chi connectivity index (χ1v) is 7.78. The van der Waals surface area contributed by atoms with Crippen molar-refractivity contribution in [1.29, 1.82) is 0 Å². The molecule has 7 nitrogen and oxygen atoms in total. The first kappa shape index (κ1) is 15.9. The van der Waals surface area contributed by atoms with Crippen LogP contribution in [0.3, 0.4) is 0 Å². The number of para-hydroxylation sites is 1. The molecule has 0 N–H and O–H groups in total. The maximum Gasteiger partial charge on any atom is 0.276 e. The molecule has 0 spiro atoms. The normalized spacial score (nSPS) is 14.4. The molecule has 0 saturated carbocycles. The summed E-state index contributed by atoms with van der Waals surface area (Å²) in [5.74, 6) is 0.525. The van der Waals surface area contributed by atoms with Crippen LogP contribution in [0.1, 0.15) is 10.5 Å². The number of aromatic nitrogens is 2. The Hall–Kier alpha value is -2.96. The van der Waals surface area contributed by atoms with E-state index in [-0.39, 0.29) is 5.91 Å². The van der Waals surface area contributed by atoms with E-state index in [4.69, 9.17) is 0 Å². The van der Waals surface area contributed by atoms with Crippen LogP contribution in [0.4, 0.5) is 11.5 Å². The van der Waals surface area contributed by atoms with Gasteiger partial charge in [0.25, 0.3) is 5.91 Å². The Balaban J connectivity index is 1.75. The second kappa shape index (κ2) is 7.08. The fourth-order valence-corrected chi connectivity index (χ4v) is 2.63. The minimum absolute atomic E-state index is 0.184. The minimum Gasteiger partial charge on any atom is -0.353 e. The molecular formula is C17H19N5O2. The Morgan fingerprint density at radius 3 is 2.50 bits per heavy atom. The maximum absolute atomic E-state index is 12.6. The first-order chi connectivity index (χ1) is 11.7. The van der Waals surface area contributed by atoms with Gasteiger partial charge in [0.15, 0.2) is 0 Å². The summed E-state index contributed by atoms with van der Waals surface area (Å²) in [6, 6.07) is 11.1. The topological polar surface area (TPSA) is 69.6 Å². The number of hydrogen-bond acceptors (Lipinski definition) is 5. The Morgan fingerprint density at radius 2 is 1.83 bits per heavy atom. The van der Waals surface area contributed by atoms with E-state index in [1.54, 1.807) is 22.9 Å². The zero-order valence-corrected chi connectivity index (χ0v) is 13.5. The van der Waals surface area contributed by atoms with E-state index in [9.17, 15) is 9.59 Å². The van der Waals surface area contributed by atoms with Crippen molar-refractivity contribution in [2.75, 3.05) is 43.0 Å². The smallest absolute Gasteiger partial charge is 0.276 e. The van der Waals surface area contributed by atoms with Crippen molar-refractivity contribution < 1.29 is 9.59 Å². The quantitative estimate of drug-likeness (QED) is 0.786. The van der Waals surface area contributed by atoms with E-state index in [2.05, 4.69) is 14.9 Å². The maximum atomic E-state index is 12.6. The summed E-state index contributed by atoms with van der Waals surface area (Å²) in [5, 5.41) is 0. The molecule has 124 valence electrons. The van der Waals surface area contributed by atoms with Gasteiger partial charge in [0.1, 0.15) is 17.8 Å². The van der Waals surface area contributed by atoms with Gasteiger partial charge in [0.05, 0.1) is 0 Å². The van der Waals surface area contributed by atoms with E-state index in [0.717, 1.165) is 12.1 Å². The Morgan fingerprint density at radius 1 is 1.12 bits per heavy atom. The lowest BCUT2D eigenvalue weighted by Crippen LogP contribution is -2.46. The summed E-state index contributed by atoms with van der Waals surface area (Å²) in [4.78, 5) is 37.2. The fraction of sp³-hybridized carbons (Fsp3) is 0.294. The molecule has 1 fully saturated rings. The summed E-state index contributed by atoms with van der Waals surface area (Å²) >= 11 is 0. The van der Waals surface area contributed by atoms with Crippen molar-refractivity contribution in [3.63, 3.8) is 0 Å². The van der Waals surface area contributed by atoms with E-state index in [1.807, 2.05) is 30.3 Å². The van der Waals surface area contributed by atoms with Gasteiger partial charge in [-0.2, -0.15) is 0 Å². The first-order valence-electron chi connectivity index (χ1n) is 7.78. The van der Waals surface area contributed by atoms with Crippen molar-refractivity contribution in [2.24, 2.45) is 0 Å². The third-order valence-corrected chi connectivity index (χ3v) is 4.11. The van der Waals surface area contributed by atoms with Gasteiger partial charge in [0, 0.05) is 45.0 Å². The molecule has 0 unspecified atom stereocenters. The van der Waals surface area contributed by atoms with Crippen molar-refractivity contribution in [3.05, 3.63) is 48.4 Å². The summed E-state index contributed by atoms with van der Waals surface area (Å²) in [6.07, 6.45) is 2.27. The van der Waals surface area contributed by atoms with Crippen molar-refractivity contribution in [2.45, 2.75) is 0 Å². The summed E-state index contributed by atoms with van der Waals surface area (Å²) in [7, 11) is 1.72. The molecular weight excluding hydrogens is 306 g/mol. The second-order valence-electron chi connectivity index (χ2n) is 5.59. The highest BCUT2D eigenvalue weighted by molar-refractivity contribution is 6.04. The average molecular weight is 325 g/mol. The molecule has 0 atom stereocenters. The van der Waals surface area contributed by atoms with Crippen LogP contribution in [-0.4, -0.2) is 60.4 Å². The molecule has 1 aliphatic rings. The molecule has 1 aromatic carbocycles. The lowest BCUT2D eigenvalue weighted by Gasteiger charge is -2.33. The van der Waals surface area contributed by atoms with Crippen LogP contribution < -0.4 is 9.80 Å². The van der Waals surface area contributed by atoms with Gasteiger partial charge in [-0.1, -0.05) is 18.2 Å². The van der Waals surface area contributed by atoms with E-state index >= 15 is 0 Å². The Bertz CT molecular complexity index is 714. The molecule has 1 aliphatic heterocycles. The predicted octanol–water partition coefficient (Wildman–Crippen LogP) is 1.03. The summed E-state index contributed by atoms with van der Waals surface area (Å²) in [6.45, 7) is 2.69. The van der Waals surface area contributed by atoms with Crippen molar-refractivity contribution >= 4 is 23.8 Å². The molecule has 2 heterocycles. The van der Waals surface area contributed by atoms with Gasteiger partial charge in [-0.3, -0.25) is 9.59 Å². The number of carbonyl (C=O) groups is 2. The monoisotopic (exact) mass is 325 g/mol. The molecule has 1 saturated heterocycles. The SMILES string of the molecule is CN(C(=O)c1cc(N2CCN(C=O)CC2)ncn1)c1ccccc1. The average Bonchev–Trinajstić information content (AvgIpc) is 2.67. The highest BCUT2D eigenvalue weighted by atomic mass is 16.2. The third-order valence-electron chi connectivity index (χ3n) is 4.11. The highest BCUT2D eigenvalue weighted by Gasteiger charge is 2.20. The number of carbonyl (C=O) groups excluding carboxylic acids is 2. The zero-order chi connectivity index (χ0) is 16.9. The number of benzene rings is 1. The zero-order valence-electron chi connectivity index (χ0n) is 13.5. The number of nitrogens with zero attached hydrogens (tertiary/aromatic N) is 5. The van der Waals surface area contributed by atoms with Crippen LogP contribution in [0, 0.1) is 0 Å². The lowest BCUT2D eigenvalue weighted by atomic mass is 10.2. The van der Waals surface area contributed by atoms with Crippen LogP contribution in [0.5, 0.6) is 0 Å². The lowest BCUT2D eigenvalue weighted by molar-refractivity contribution is -0.118. The van der Waals surface area contributed by atoms with Crippen LogP contribution in [-0.2, 0) is 4.79 Å². The molecule has 7 heteroatoms. The second-order valence-corrected chi connectivity index (χ2v) is 5.59. The number of amides is 2. The van der Waals surface area contributed by atoms with Crippen LogP contribution in [0.15, 0.2) is 42.7 Å². The predicted molar refractivity (Wildman–Crippen MR) is 91.1 cm³/mol. The van der Waals surface area contributed by atoms with Crippen molar-refractivity contribution in [3.8, 4) is 0 Å². The minimum atomic E-state index is -0.184. The van der Waals surface area contributed by atoms with Gasteiger partial charge in [-0.15, -0.1) is 0 Å². The van der Waals surface area contributed by atoms with Gasteiger partial charge in [-0.05, 0) is 12.1 Å². The van der Waals surface area contributed by atoms with Crippen LogP contribution in [0.2, 0.25) is 0 Å². The standard InChI is InChI=1S/C17H19N5O2/c1-20(14-5-3-2-4-6-14)17(24)15-11-16(19-12-18-15)22-9-7-21(13-23)8-10-22/h2-6,11-13H,7-10H2,1H3. The molecule has 1 aromatic heterocycles. The van der Waals surface area contributed by atoms with Gasteiger partial charge >= 0.3 is 0 Å². The highest BCUT2D eigenvalue weighted by Crippen LogP contribution is 2.17.